The van der Waals surface area contributed by atoms with Gasteiger partial charge in [0.15, 0.2) is 17.2 Å². The Kier molecular flexibility index (Phi) is 8.37. The first-order valence-electron chi connectivity index (χ1n) is 13.2. The fourth-order valence-electron chi connectivity index (χ4n) is 4.74. The highest BCUT2D eigenvalue weighted by atomic mass is 16.6. The fourth-order valence-corrected chi connectivity index (χ4v) is 4.74. The lowest BCUT2D eigenvalue weighted by atomic mass is 10.1. The predicted octanol–water partition coefficient (Wildman–Crippen LogP) is 1.97. The van der Waals surface area contributed by atoms with Crippen LogP contribution >= 0.6 is 0 Å². The van der Waals surface area contributed by atoms with E-state index in [1.807, 2.05) is 24.0 Å². The minimum absolute atomic E-state index is 0.128. The van der Waals surface area contributed by atoms with Crippen molar-refractivity contribution >= 4 is 29.5 Å². The van der Waals surface area contributed by atoms with Crippen molar-refractivity contribution in [3.05, 3.63) is 29.6 Å². The van der Waals surface area contributed by atoms with Gasteiger partial charge in [-0.2, -0.15) is 0 Å². The van der Waals surface area contributed by atoms with Crippen LogP contribution in [0, 0.1) is 0 Å². The zero-order valence-electron chi connectivity index (χ0n) is 22.3. The number of ether oxygens (including phenoxy) is 4. The van der Waals surface area contributed by atoms with Gasteiger partial charge < -0.3 is 24.7 Å². The van der Waals surface area contributed by atoms with Gasteiger partial charge in [0, 0.05) is 31.7 Å². The number of aryl methyl sites for hydroxylation is 1. The topological polar surface area (TPSA) is 149 Å². The van der Waals surface area contributed by atoms with Gasteiger partial charge in [-0.1, -0.05) is 13.3 Å². The van der Waals surface area contributed by atoms with Crippen LogP contribution in [-0.2, 0) is 11.2 Å². The molecule has 0 spiro atoms. The first-order chi connectivity index (χ1) is 19.1. The Morgan fingerprint density at radius 3 is 2.85 bits per heavy atom. The first-order valence-corrected chi connectivity index (χ1v) is 13.2. The van der Waals surface area contributed by atoms with Crippen molar-refractivity contribution in [1.29, 1.82) is 0 Å². The van der Waals surface area contributed by atoms with Gasteiger partial charge in [0.25, 0.3) is 0 Å². The average Bonchev–Trinajstić information content (AvgIpc) is 3.44. The number of benzene rings is 1. The lowest BCUT2D eigenvalue weighted by Gasteiger charge is -2.28. The fraction of sp³-hybridized carbons (Fsp3) is 0.500. The number of nitrogen functional groups attached to an aromatic ring is 1. The van der Waals surface area contributed by atoms with Gasteiger partial charge in [-0.15, -0.1) is 0 Å². The Hall–Kier alpha value is -3.97. The van der Waals surface area contributed by atoms with Crippen molar-refractivity contribution in [2.75, 3.05) is 65.4 Å². The number of carbonyl (C=O) groups is 1. The molecule has 3 aliphatic rings. The molecular weight excluding hydrogens is 504 g/mol. The summed E-state index contributed by atoms with van der Waals surface area (Å²) in [6.07, 6.45) is 2.96. The molecule has 39 heavy (non-hydrogen) atoms. The van der Waals surface area contributed by atoms with Gasteiger partial charge in [-0.25, -0.2) is 19.8 Å². The van der Waals surface area contributed by atoms with Crippen LogP contribution in [0.4, 0.5) is 16.4 Å². The van der Waals surface area contributed by atoms with Crippen LogP contribution in [0.25, 0.3) is 0 Å². The van der Waals surface area contributed by atoms with Gasteiger partial charge in [-0.05, 0) is 25.0 Å². The molecule has 3 N–H and O–H groups in total. The molecule has 1 aromatic heterocycles. The summed E-state index contributed by atoms with van der Waals surface area (Å²) in [6.45, 7) is 8.05. The van der Waals surface area contributed by atoms with Crippen LogP contribution in [0.1, 0.15) is 31.0 Å². The number of hydrogen-bond donors (Lipinski definition) is 2. The molecule has 1 fully saturated rings. The Labute approximate surface area is 227 Å². The Morgan fingerprint density at radius 2 is 2.05 bits per heavy atom. The third kappa shape index (κ3) is 6.04. The summed E-state index contributed by atoms with van der Waals surface area (Å²) in [7, 11) is 1.58. The third-order valence-electron chi connectivity index (χ3n) is 6.59. The first kappa shape index (κ1) is 26.6. The molecule has 0 atom stereocenters. The number of hydrogen-bond acceptors (Lipinski definition) is 12. The summed E-state index contributed by atoms with van der Waals surface area (Å²) >= 11 is 0. The summed E-state index contributed by atoms with van der Waals surface area (Å²) in [5, 5.41) is 2.76. The van der Waals surface area contributed by atoms with E-state index in [0.29, 0.717) is 60.8 Å². The number of morpholine rings is 1. The quantitative estimate of drug-likeness (QED) is 0.454. The summed E-state index contributed by atoms with van der Waals surface area (Å²) in [4.78, 5) is 34.7. The third-order valence-corrected chi connectivity index (χ3v) is 6.59. The van der Waals surface area contributed by atoms with Crippen LogP contribution in [0.5, 0.6) is 17.2 Å². The van der Waals surface area contributed by atoms with E-state index in [2.05, 4.69) is 25.2 Å². The van der Waals surface area contributed by atoms with E-state index in [1.165, 1.54) is 6.20 Å². The van der Waals surface area contributed by atoms with E-state index in [4.69, 9.17) is 29.7 Å². The zero-order chi connectivity index (χ0) is 27.2. The number of rotatable bonds is 9. The number of nitrogens with two attached hydrogens (primary N) is 1. The maximum absolute atomic E-state index is 12.9. The summed E-state index contributed by atoms with van der Waals surface area (Å²) in [6, 6.07) is 3.80. The number of amides is 1. The summed E-state index contributed by atoms with van der Waals surface area (Å²) in [5.74, 6) is 2.44. The molecule has 3 aliphatic heterocycles. The van der Waals surface area contributed by atoms with Crippen LogP contribution in [0.15, 0.2) is 28.3 Å². The molecule has 13 heteroatoms. The Bertz CT molecular complexity index is 1260. The van der Waals surface area contributed by atoms with Gasteiger partial charge in [-0.3, -0.25) is 20.1 Å². The number of nitrogens with one attached hydrogen (secondary N) is 1. The highest BCUT2D eigenvalue weighted by molar-refractivity contribution is 6.18. The number of aromatic nitrogens is 2. The van der Waals surface area contributed by atoms with E-state index in [9.17, 15) is 4.79 Å². The smallest absolute Gasteiger partial charge is 0.419 e. The molecule has 0 saturated carbocycles. The molecule has 0 bridgehead atoms. The molecule has 4 heterocycles. The molecule has 208 valence electrons. The van der Waals surface area contributed by atoms with Crippen molar-refractivity contribution in [1.82, 2.24) is 25.1 Å². The number of carbonyl (C=O) groups excluding carboxylic acids is 1. The molecule has 1 saturated heterocycles. The lowest BCUT2D eigenvalue weighted by molar-refractivity contribution is 0.0357. The van der Waals surface area contributed by atoms with Gasteiger partial charge in [0.1, 0.15) is 11.5 Å². The molecule has 1 amide bonds. The molecule has 0 unspecified atom stereocenters. The molecule has 13 nitrogen and oxygen atoms in total. The van der Waals surface area contributed by atoms with Crippen molar-refractivity contribution in [2.24, 2.45) is 9.98 Å². The van der Waals surface area contributed by atoms with Crippen molar-refractivity contribution in [3.8, 4) is 17.2 Å². The molecule has 1 aromatic carbocycles. The number of methoxy groups -OCH3 is 1. The normalized spacial score (nSPS) is 16.6. The number of anilines is 1. The largest absolute Gasteiger partial charge is 0.491 e. The van der Waals surface area contributed by atoms with E-state index >= 15 is 0 Å². The molecule has 0 radical (unpaired) electrons. The second kappa shape index (κ2) is 12.3. The Morgan fingerprint density at radius 1 is 1.21 bits per heavy atom. The lowest BCUT2D eigenvalue weighted by Crippen LogP contribution is -2.48. The van der Waals surface area contributed by atoms with Gasteiger partial charge >= 0.3 is 6.09 Å². The minimum Gasteiger partial charge on any atom is -0.491 e. The highest BCUT2D eigenvalue weighted by Crippen LogP contribution is 2.43. The van der Waals surface area contributed by atoms with Gasteiger partial charge in [0.05, 0.1) is 45.4 Å². The predicted molar refractivity (Wildman–Crippen MR) is 145 cm³/mol. The van der Waals surface area contributed by atoms with Crippen LogP contribution in [0.2, 0.25) is 0 Å². The minimum atomic E-state index is -0.719. The van der Waals surface area contributed by atoms with Crippen LogP contribution in [-0.4, -0.2) is 97.3 Å². The van der Waals surface area contributed by atoms with Crippen molar-refractivity contribution in [3.63, 3.8) is 0 Å². The van der Waals surface area contributed by atoms with E-state index in [-0.39, 0.29) is 11.7 Å². The highest BCUT2D eigenvalue weighted by Gasteiger charge is 2.33. The summed E-state index contributed by atoms with van der Waals surface area (Å²) in [5.41, 5.74) is 7.62. The van der Waals surface area contributed by atoms with Crippen molar-refractivity contribution in [2.45, 2.75) is 26.2 Å². The van der Waals surface area contributed by atoms with E-state index < -0.39 is 6.09 Å². The monoisotopic (exact) mass is 538 g/mol. The Balaban J connectivity index is 1.32. The number of fused-ring (bicyclic) bond motifs is 3. The molecule has 2 aromatic rings. The molecule has 0 aliphatic carbocycles. The van der Waals surface area contributed by atoms with E-state index in [1.54, 1.807) is 7.11 Å². The van der Waals surface area contributed by atoms with E-state index in [0.717, 1.165) is 51.3 Å². The molecular formula is C26H34N8O5. The average molecular weight is 539 g/mol. The van der Waals surface area contributed by atoms with Crippen molar-refractivity contribution < 1.29 is 23.7 Å². The number of amidine groups is 1. The number of nitrogens with zero attached hydrogens (tertiary/aromatic N) is 6. The van der Waals surface area contributed by atoms with Crippen LogP contribution < -0.4 is 25.3 Å². The maximum Gasteiger partial charge on any atom is 0.419 e. The maximum atomic E-state index is 12.9. The second-order valence-electron chi connectivity index (χ2n) is 9.25. The zero-order valence-corrected chi connectivity index (χ0v) is 22.3. The standard InChI is InChI=1S/C26H34N8O5/c1-3-5-18-20(16-29-24(27)30-18)39-26(35)32-25-31-21-17(23-28-8-10-34(23)25)6-7-19(22(21)36-2)38-13-4-9-33-11-14-37-15-12-33/h6-7,16H,3-5,8-15H2,1-2H3,(H2,27,29,30)(H,31,32,35). The number of guanidine groups is 1. The number of aliphatic imine (C=N–C) groups is 2. The summed E-state index contributed by atoms with van der Waals surface area (Å²) < 4.78 is 22.8. The SMILES string of the molecule is CCCc1nc(N)ncc1OC(=O)NC1=Nc2c(ccc(OCCCN3CCOCC3)c2OC)C2=NCCN12. The van der Waals surface area contributed by atoms with Crippen LogP contribution in [0.3, 0.4) is 0 Å². The van der Waals surface area contributed by atoms with Gasteiger partial charge in [0.2, 0.25) is 11.9 Å². The second-order valence-corrected chi connectivity index (χ2v) is 9.25. The molecule has 5 rings (SSSR count).